The highest BCUT2D eigenvalue weighted by Gasteiger charge is 2.34. The van der Waals surface area contributed by atoms with Crippen molar-refractivity contribution in [2.24, 2.45) is 5.92 Å². The number of hydrogen-bond acceptors (Lipinski definition) is 3. The van der Waals surface area contributed by atoms with E-state index in [-0.39, 0.29) is 5.91 Å². The van der Waals surface area contributed by atoms with Gasteiger partial charge in [0.1, 0.15) is 0 Å². The molecule has 3 rings (SSSR count). The van der Waals surface area contributed by atoms with Crippen LogP contribution in [0.1, 0.15) is 62.4 Å². The van der Waals surface area contributed by atoms with E-state index in [4.69, 9.17) is 0 Å². The number of benzene rings is 1. The van der Waals surface area contributed by atoms with E-state index in [1.807, 2.05) is 19.1 Å². The molecule has 0 radical (unpaired) electrons. The van der Waals surface area contributed by atoms with Crippen LogP contribution in [0.4, 0.5) is 5.69 Å². The quantitative estimate of drug-likeness (QED) is 0.775. The van der Waals surface area contributed by atoms with Crippen LogP contribution in [0.2, 0.25) is 0 Å². The lowest BCUT2D eigenvalue weighted by molar-refractivity contribution is 0.0923. The second-order valence-electron chi connectivity index (χ2n) is 7.93. The fourth-order valence-electron chi connectivity index (χ4n) is 3.89. The predicted octanol–water partition coefficient (Wildman–Crippen LogP) is 3.46. The maximum atomic E-state index is 12.8. The Morgan fingerprint density at radius 2 is 1.83 bits per heavy atom. The van der Waals surface area contributed by atoms with E-state index in [0.717, 1.165) is 29.7 Å². The van der Waals surface area contributed by atoms with E-state index in [1.165, 1.54) is 12.8 Å². The van der Waals surface area contributed by atoms with Crippen molar-refractivity contribution in [2.45, 2.75) is 77.5 Å². The fourth-order valence-corrected chi connectivity index (χ4v) is 3.89. The Bertz CT molecular complexity index is 587. The molecule has 2 bridgehead atoms. The van der Waals surface area contributed by atoms with Crippen LogP contribution in [0.3, 0.4) is 0 Å². The third kappa shape index (κ3) is 3.75. The minimum atomic E-state index is 0.0691. The zero-order valence-electron chi connectivity index (χ0n) is 15.4. The Hall–Kier alpha value is -1.55. The van der Waals surface area contributed by atoms with Crippen LogP contribution in [0.5, 0.6) is 0 Å². The molecular weight excluding hydrogens is 298 g/mol. The van der Waals surface area contributed by atoms with Gasteiger partial charge in [-0.25, -0.2) is 0 Å². The minimum absolute atomic E-state index is 0.0691. The highest BCUT2D eigenvalue weighted by Crippen LogP contribution is 2.27. The number of amides is 1. The average Bonchev–Trinajstić information content (AvgIpc) is 2.87. The fraction of sp³-hybridized carbons (Fsp3) is 0.650. The zero-order chi connectivity index (χ0) is 17.3. The molecule has 3 unspecified atom stereocenters. The summed E-state index contributed by atoms with van der Waals surface area (Å²) in [6, 6.07) is 7.85. The number of anilines is 1. The number of nitrogens with one attached hydrogen (secondary N) is 3. The molecule has 2 heterocycles. The predicted molar refractivity (Wildman–Crippen MR) is 99.5 cm³/mol. The molecule has 2 aliphatic rings. The number of rotatable bonds is 5. The van der Waals surface area contributed by atoms with Crippen LogP contribution in [-0.2, 0) is 0 Å². The molecular formula is C20H31N3O. The first-order valence-corrected chi connectivity index (χ1v) is 9.37. The monoisotopic (exact) mass is 329 g/mol. The first-order chi connectivity index (χ1) is 11.4. The molecule has 0 spiro atoms. The Morgan fingerprint density at radius 3 is 2.46 bits per heavy atom. The van der Waals surface area contributed by atoms with Crippen molar-refractivity contribution in [3.05, 3.63) is 29.3 Å². The maximum Gasteiger partial charge on any atom is 0.251 e. The summed E-state index contributed by atoms with van der Waals surface area (Å²) in [6.45, 7) is 8.63. The van der Waals surface area contributed by atoms with Gasteiger partial charge in [-0.15, -0.1) is 0 Å². The molecule has 0 aliphatic carbocycles. The molecule has 1 aromatic carbocycles. The number of hydrogen-bond donors (Lipinski definition) is 3. The Labute approximate surface area is 145 Å². The van der Waals surface area contributed by atoms with Crippen LogP contribution in [0.25, 0.3) is 0 Å². The molecule has 2 saturated heterocycles. The normalized spacial score (nSPS) is 27.1. The number of fused-ring (bicyclic) bond motifs is 2. The maximum absolute atomic E-state index is 12.8. The molecule has 1 aromatic rings. The summed E-state index contributed by atoms with van der Waals surface area (Å²) in [4.78, 5) is 12.8. The van der Waals surface area contributed by atoms with Crippen molar-refractivity contribution in [3.8, 4) is 0 Å². The van der Waals surface area contributed by atoms with Crippen molar-refractivity contribution >= 4 is 11.6 Å². The molecule has 4 nitrogen and oxygen atoms in total. The smallest absolute Gasteiger partial charge is 0.251 e. The van der Waals surface area contributed by atoms with E-state index in [1.54, 1.807) is 0 Å². The summed E-state index contributed by atoms with van der Waals surface area (Å²) in [5, 5.41) is 10.4. The average molecular weight is 329 g/mol. The first kappa shape index (κ1) is 17.3. The summed E-state index contributed by atoms with van der Waals surface area (Å²) in [5.41, 5.74) is 2.90. The Kier molecular flexibility index (Phi) is 5.14. The summed E-state index contributed by atoms with van der Waals surface area (Å²) >= 11 is 0. The third-order valence-electron chi connectivity index (χ3n) is 5.77. The van der Waals surface area contributed by atoms with Crippen molar-refractivity contribution in [1.29, 1.82) is 0 Å². The van der Waals surface area contributed by atoms with Gasteiger partial charge in [-0.3, -0.25) is 4.79 Å². The topological polar surface area (TPSA) is 53.2 Å². The van der Waals surface area contributed by atoms with Crippen molar-refractivity contribution in [2.75, 3.05) is 5.32 Å². The Balaban J connectivity index is 1.68. The summed E-state index contributed by atoms with van der Waals surface area (Å²) < 4.78 is 0. The van der Waals surface area contributed by atoms with Gasteiger partial charge < -0.3 is 16.0 Å². The molecule has 4 heteroatoms. The van der Waals surface area contributed by atoms with Crippen molar-refractivity contribution in [3.63, 3.8) is 0 Å². The second kappa shape index (κ2) is 7.14. The zero-order valence-corrected chi connectivity index (χ0v) is 15.4. The SMILES string of the molecule is Cc1c(NC(C)C(C)C)cccc1C(=O)NC1CC2CCC(C1)N2. The lowest BCUT2D eigenvalue weighted by Gasteiger charge is -2.30. The molecule has 2 fully saturated rings. The van der Waals surface area contributed by atoms with Crippen LogP contribution < -0.4 is 16.0 Å². The van der Waals surface area contributed by atoms with Gasteiger partial charge in [0.05, 0.1) is 0 Å². The lowest BCUT2D eigenvalue weighted by atomic mass is 9.98. The van der Waals surface area contributed by atoms with Gasteiger partial charge in [0, 0.05) is 35.4 Å². The molecule has 0 aromatic heterocycles. The lowest BCUT2D eigenvalue weighted by Crippen LogP contribution is -2.48. The second-order valence-corrected chi connectivity index (χ2v) is 7.93. The number of carbonyl (C=O) groups excluding carboxylic acids is 1. The van der Waals surface area contributed by atoms with E-state index in [9.17, 15) is 4.79 Å². The highest BCUT2D eigenvalue weighted by molar-refractivity contribution is 5.97. The Morgan fingerprint density at radius 1 is 1.17 bits per heavy atom. The van der Waals surface area contributed by atoms with Crippen molar-refractivity contribution in [1.82, 2.24) is 10.6 Å². The van der Waals surface area contributed by atoms with Crippen LogP contribution in [0.15, 0.2) is 18.2 Å². The molecule has 0 saturated carbocycles. The van der Waals surface area contributed by atoms with Gasteiger partial charge in [-0.05, 0) is 63.1 Å². The third-order valence-corrected chi connectivity index (χ3v) is 5.77. The summed E-state index contributed by atoms with van der Waals surface area (Å²) in [6.07, 6.45) is 4.62. The highest BCUT2D eigenvalue weighted by atomic mass is 16.1. The van der Waals surface area contributed by atoms with Gasteiger partial charge in [0.15, 0.2) is 0 Å². The van der Waals surface area contributed by atoms with Gasteiger partial charge in [-0.2, -0.15) is 0 Å². The van der Waals surface area contributed by atoms with E-state index >= 15 is 0 Å². The molecule has 2 aliphatic heterocycles. The van der Waals surface area contributed by atoms with Gasteiger partial charge in [-0.1, -0.05) is 19.9 Å². The molecule has 3 N–H and O–H groups in total. The summed E-state index contributed by atoms with van der Waals surface area (Å²) in [5.74, 6) is 0.617. The standard InChI is InChI=1S/C20H31N3O/c1-12(2)14(4)21-19-7-5-6-18(13(19)3)20(24)23-17-10-15-8-9-16(11-17)22-15/h5-7,12,14-17,21-22H,8-11H2,1-4H3,(H,23,24). The summed E-state index contributed by atoms with van der Waals surface area (Å²) in [7, 11) is 0. The molecule has 3 atom stereocenters. The number of piperidine rings is 1. The van der Waals surface area contributed by atoms with Gasteiger partial charge >= 0.3 is 0 Å². The van der Waals surface area contributed by atoms with E-state index in [2.05, 4.69) is 42.8 Å². The van der Waals surface area contributed by atoms with E-state index in [0.29, 0.717) is 30.1 Å². The number of carbonyl (C=O) groups is 1. The van der Waals surface area contributed by atoms with Gasteiger partial charge in [0.2, 0.25) is 0 Å². The molecule has 132 valence electrons. The van der Waals surface area contributed by atoms with Crippen LogP contribution >= 0.6 is 0 Å². The first-order valence-electron chi connectivity index (χ1n) is 9.37. The van der Waals surface area contributed by atoms with Gasteiger partial charge in [0.25, 0.3) is 5.91 Å². The van der Waals surface area contributed by atoms with E-state index < -0.39 is 0 Å². The molecule has 24 heavy (non-hydrogen) atoms. The largest absolute Gasteiger partial charge is 0.382 e. The van der Waals surface area contributed by atoms with Crippen molar-refractivity contribution < 1.29 is 4.79 Å². The van der Waals surface area contributed by atoms with Crippen LogP contribution in [-0.4, -0.2) is 30.1 Å². The molecule has 1 amide bonds. The minimum Gasteiger partial charge on any atom is -0.382 e. The van der Waals surface area contributed by atoms with Crippen LogP contribution in [0, 0.1) is 12.8 Å².